The summed E-state index contributed by atoms with van der Waals surface area (Å²) in [6.45, 7) is 0. The molecule has 0 radical (unpaired) electrons. The maximum atomic E-state index is 13.1. The molecule has 0 aliphatic heterocycles. The zero-order valence-corrected chi connectivity index (χ0v) is 18.3. The van der Waals surface area contributed by atoms with Gasteiger partial charge in [0, 0.05) is 23.7 Å². The maximum Gasteiger partial charge on any atom is 0.259 e. The maximum absolute atomic E-state index is 13.1. The van der Waals surface area contributed by atoms with Gasteiger partial charge in [-0.25, -0.2) is 13.1 Å². The van der Waals surface area contributed by atoms with E-state index in [9.17, 15) is 13.2 Å². The Morgan fingerprint density at radius 3 is 2.19 bits per heavy atom. The molecule has 0 aliphatic carbocycles. The van der Waals surface area contributed by atoms with Crippen LogP contribution in [0.2, 0.25) is 0 Å². The van der Waals surface area contributed by atoms with Crippen molar-refractivity contribution in [3.63, 3.8) is 0 Å². The van der Waals surface area contributed by atoms with Crippen molar-refractivity contribution in [2.45, 2.75) is 4.90 Å². The number of anilines is 1. The van der Waals surface area contributed by atoms with Crippen molar-refractivity contribution >= 4 is 21.4 Å². The molecule has 4 aromatic rings. The Morgan fingerprint density at radius 2 is 1.59 bits per heavy atom. The van der Waals surface area contributed by atoms with Gasteiger partial charge >= 0.3 is 0 Å². The van der Waals surface area contributed by atoms with E-state index in [0.717, 1.165) is 11.9 Å². The zero-order valence-electron chi connectivity index (χ0n) is 17.5. The number of nitrogens with zero attached hydrogens (tertiary/aromatic N) is 2. The van der Waals surface area contributed by atoms with Crippen molar-refractivity contribution in [1.82, 2.24) is 9.78 Å². The Balaban J connectivity index is 1.74. The summed E-state index contributed by atoms with van der Waals surface area (Å²) in [7, 11) is -1.75. The molecule has 0 atom stereocenters. The standard InChI is InChI=1S/C24H21N3O4S/c1-31-20-12-10-18(11-13-20)25-24(28)22-16-27(19-6-4-3-5-7-19)26-23(22)17-8-14-21(15-9-17)32(2,29)30/h3-16H,1-2H3,(H,25,28). The van der Waals surface area contributed by atoms with Gasteiger partial charge in [0.25, 0.3) is 5.91 Å². The van der Waals surface area contributed by atoms with Crippen molar-refractivity contribution in [3.8, 4) is 22.7 Å². The lowest BCUT2D eigenvalue weighted by Gasteiger charge is -2.07. The van der Waals surface area contributed by atoms with Crippen LogP contribution in [0.5, 0.6) is 5.75 Å². The Kier molecular flexibility index (Phi) is 5.79. The van der Waals surface area contributed by atoms with Gasteiger partial charge in [0.05, 0.1) is 23.3 Å². The molecule has 0 bridgehead atoms. The van der Waals surface area contributed by atoms with Gasteiger partial charge in [0.2, 0.25) is 0 Å². The predicted octanol–water partition coefficient (Wildman–Crippen LogP) is 4.20. The van der Waals surface area contributed by atoms with Crippen molar-refractivity contribution in [2.24, 2.45) is 0 Å². The Labute approximate surface area is 186 Å². The molecule has 3 aromatic carbocycles. The molecular weight excluding hydrogens is 426 g/mol. The average Bonchev–Trinajstić information content (AvgIpc) is 3.25. The summed E-state index contributed by atoms with van der Waals surface area (Å²) >= 11 is 0. The normalized spacial score (nSPS) is 11.2. The van der Waals surface area contributed by atoms with Gasteiger partial charge < -0.3 is 10.1 Å². The van der Waals surface area contributed by atoms with E-state index in [-0.39, 0.29) is 10.8 Å². The monoisotopic (exact) mass is 447 g/mol. The molecular formula is C24H21N3O4S. The molecule has 0 saturated carbocycles. The molecule has 1 aromatic heterocycles. The SMILES string of the molecule is COc1ccc(NC(=O)c2cn(-c3ccccc3)nc2-c2ccc(S(C)(=O)=O)cc2)cc1. The summed E-state index contributed by atoms with van der Waals surface area (Å²) in [6, 6.07) is 22.8. The number of hydrogen-bond donors (Lipinski definition) is 1. The molecule has 0 saturated heterocycles. The van der Waals surface area contributed by atoms with E-state index in [1.807, 2.05) is 30.3 Å². The third-order valence-electron chi connectivity index (χ3n) is 4.88. The van der Waals surface area contributed by atoms with Crippen LogP contribution in [0, 0.1) is 0 Å². The van der Waals surface area contributed by atoms with Crippen molar-refractivity contribution in [1.29, 1.82) is 0 Å². The lowest BCUT2D eigenvalue weighted by Crippen LogP contribution is -2.12. The summed E-state index contributed by atoms with van der Waals surface area (Å²) < 4.78 is 30.4. The number of benzene rings is 3. The zero-order chi connectivity index (χ0) is 22.7. The second-order valence-electron chi connectivity index (χ2n) is 7.15. The van der Waals surface area contributed by atoms with Gasteiger partial charge in [-0.3, -0.25) is 4.79 Å². The molecule has 0 spiro atoms. The van der Waals surface area contributed by atoms with Crippen LogP contribution >= 0.6 is 0 Å². The lowest BCUT2D eigenvalue weighted by atomic mass is 10.1. The van der Waals surface area contributed by atoms with E-state index in [4.69, 9.17) is 4.74 Å². The summed E-state index contributed by atoms with van der Waals surface area (Å²) in [4.78, 5) is 13.3. The van der Waals surface area contributed by atoms with Crippen LogP contribution in [0.3, 0.4) is 0 Å². The smallest absolute Gasteiger partial charge is 0.259 e. The highest BCUT2D eigenvalue weighted by atomic mass is 32.2. The number of rotatable bonds is 6. The Bertz CT molecular complexity index is 1340. The van der Waals surface area contributed by atoms with Crippen LogP contribution in [0.1, 0.15) is 10.4 Å². The highest BCUT2D eigenvalue weighted by Crippen LogP contribution is 2.26. The first kappa shape index (κ1) is 21.3. The van der Waals surface area contributed by atoms with Crippen LogP contribution in [-0.2, 0) is 9.84 Å². The number of carbonyl (C=O) groups is 1. The molecule has 162 valence electrons. The molecule has 4 rings (SSSR count). The molecule has 1 N–H and O–H groups in total. The number of aromatic nitrogens is 2. The number of nitrogens with one attached hydrogen (secondary N) is 1. The number of sulfone groups is 1. The second-order valence-corrected chi connectivity index (χ2v) is 9.17. The van der Waals surface area contributed by atoms with Crippen molar-refractivity contribution < 1.29 is 17.9 Å². The topological polar surface area (TPSA) is 90.3 Å². The number of methoxy groups -OCH3 is 1. The fourth-order valence-corrected chi connectivity index (χ4v) is 3.83. The van der Waals surface area contributed by atoms with Gasteiger partial charge in [0.15, 0.2) is 9.84 Å². The average molecular weight is 448 g/mol. The third-order valence-corrected chi connectivity index (χ3v) is 6.01. The fraction of sp³-hybridized carbons (Fsp3) is 0.0833. The number of amides is 1. The molecule has 1 heterocycles. The van der Waals surface area contributed by atoms with E-state index in [1.54, 1.807) is 54.4 Å². The molecule has 0 fully saturated rings. The molecule has 32 heavy (non-hydrogen) atoms. The Hall–Kier alpha value is -3.91. The first-order valence-corrected chi connectivity index (χ1v) is 11.7. The first-order chi connectivity index (χ1) is 15.3. The van der Waals surface area contributed by atoms with Gasteiger partial charge in [0.1, 0.15) is 11.4 Å². The quantitative estimate of drug-likeness (QED) is 0.478. The largest absolute Gasteiger partial charge is 0.497 e. The third kappa shape index (κ3) is 4.55. The number of carbonyl (C=O) groups excluding carboxylic acids is 1. The highest BCUT2D eigenvalue weighted by Gasteiger charge is 2.19. The highest BCUT2D eigenvalue weighted by molar-refractivity contribution is 7.90. The van der Waals surface area contributed by atoms with Crippen LogP contribution in [0.15, 0.2) is 90.0 Å². The molecule has 8 heteroatoms. The van der Waals surface area contributed by atoms with Crippen molar-refractivity contribution in [3.05, 3.63) is 90.6 Å². The van der Waals surface area contributed by atoms with Gasteiger partial charge in [-0.05, 0) is 48.5 Å². The van der Waals surface area contributed by atoms with Crippen molar-refractivity contribution in [2.75, 3.05) is 18.7 Å². The lowest BCUT2D eigenvalue weighted by molar-refractivity contribution is 0.102. The molecule has 0 aliphatic rings. The minimum atomic E-state index is -3.33. The van der Waals surface area contributed by atoms with E-state index in [0.29, 0.717) is 28.3 Å². The van der Waals surface area contributed by atoms with E-state index < -0.39 is 9.84 Å². The number of ether oxygens (including phenoxy) is 1. The number of para-hydroxylation sites is 1. The van der Waals surface area contributed by atoms with Crippen LogP contribution in [0.25, 0.3) is 16.9 Å². The minimum absolute atomic E-state index is 0.202. The van der Waals surface area contributed by atoms with Crippen LogP contribution in [-0.4, -0.2) is 37.5 Å². The number of hydrogen-bond acceptors (Lipinski definition) is 5. The van der Waals surface area contributed by atoms with E-state index >= 15 is 0 Å². The molecule has 1 amide bonds. The molecule has 0 unspecified atom stereocenters. The second kappa shape index (κ2) is 8.68. The van der Waals surface area contributed by atoms with Gasteiger partial charge in [-0.1, -0.05) is 30.3 Å². The van der Waals surface area contributed by atoms with Crippen LogP contribution < -0.4 is 10.1 Å². The Morgan fingerprint density at radius 1 is 0.938 bits per heavy atom. The predicted molar refractivity (Wildman–Crippen MR) is 123 cm³/mol. The van der Waals surface area contributed by atoms with Crippen LogP contribution in [0.4, 0.5) is 5.69 Å². The fourth-order valence-electron chi connectivity index (χ4n) is 3.20. The minimum Gasteiger partial charge on any atom is -0.497 e. The van der Waals surface area contributed by atoms with Gasteiger partial charge in [-0.15, -0.1) is 0 Å². The first-order valence-electron chi connectivity index (χ1n) is 9.76. The summed E-state index contributed by atoms with van der Waals surface area (Å²) in [5.41, 5.74) is 2.84. The summed E-state index contributed by atoms with van der Waals surface area (Å²) in [6.07, 6.45) is 2.81. The summed E-state index contributed by atoms with van der Waals surface area (Å²) in [5.74, 6) is 0.353. The van der Waals surface area contributed by atoms with Gasteiger partial charge in [-0.2, -0.15) is 5.10 Å². The molecule has 7 nitrogen and oxygen atoms in total. The van der Waals surface area contributed by atoms with E-state index in [2.05, 4.69) is 10.4 Å². The summed E-state index contributed by atoms with van der Waals surface area (Å²) in [5, 5.41) is 7.50. The van der Waals surface area contributed by atoms with E-state index in [1.165, 1.54) is 12.1 Å².